The second kappa shape index (κ2) is 10.5. The molecule has 0 N–H and O–H groups in total. The van der Waals surface area contributed by atoms with Gasteiger partial charge < -0.3 is 0 Å². The van der Waals surface area contributed by atoms with Gasteiger partial charge in [-0.15, -0.1) is 11.6 Å². The first kappa shape index (κ1) is 16.8. The molecule has 3 heteroatoms. The van der Waals surface area contributed by atoms with Crippen LogP contribution in [0.15, 0.2) is 18.5 Å². The number of hydrogen-bond donors (Lipinski definition) is 0. The molecule has 1 heterocycles. The van der Waals surface area contributed by atoms with Gasteiger partial charge in [0.05, 0.1) is 5.02 Å². The Bertz CT molecular complexity index is 341. The molecule has 0 aromatic carbocycles. The minimum absolute atomic E-state index is 0.190. The molecule has 0 saturated carbocycles. The molecule has 0 spiro atoms. The molecule has 0 amide bonds. The van der Waals surface area contributed by atoms with Crippen molar-refractivity contribution in [2.75, 3.05) is 0 Å². The fourth-order valence-corrected chi connectivity index (χ4v) is 2.75. The molecule has 1 unspecified atom stereocenters. The predicted octanol–water partition coefficient (Wildman–Crippen LogP) is 6.03. The van der Waals surface area contributed by atoms with Gasteiger partial charge in [-0.05, 0) is 24.5 Å². The van der Waals surface area contributed by atoms with Crippen LogP contribution in [0.25, 0.3) is 0 Å². The molecular weight excluding hydrogens is 277 g/mol. The number of unbranched alkanes of at least 4 members (excludes halogenated alkanes) is 6. The smallest absolute Gasteiger partial charge is 0.0621 e. The molecule has 0 aliphatic rings. The molecule has 108 valence electrons. The van der Waals surface area contributed by atoms with Crippen molar-refractivity contribution >= 4 is 23.2 Å². The van der Waals surface area contributed by atoms with Crippen LogP contribution in [0.4, 0.5) is 0 Å². The zero-order chi connectivity index (χ0) is 13.9. The molecule has 19 heavy (non-hydrogen) atoms. The van der Waals surface area contributed by atoms with E-state index in [0.717, 1.165) is 23.4 Å². The molecule has 1 nitrogen and oxygen atoms in total. The van der Waals surface area contributed by atoms with Gasteiger partial charge in [-0.25, -0.2) is 0 Å². The Balaban J connectivity index is 2.08. The van der Waals surface area contributed by atoms with Crippen molar-refractivity contribution < 1.29 is 0 Å². The summed E-state index contributed by atoms with van der Waals surface area (Å²) in [4.78, 5) is 3.99. The summed E-state index contributed by atoms with van der Waals surface area (Å²) in [5.41, 5.74) is 1.11. The van der Waals surface area contributed by atoms with Crippen LogP contribution in [0.1, 0.15) is 63.9 Å². The van der Waals surface area contributed by atoms with E-state index in [9.17, 15) is 0 Å². The van der Waals surface area contributed by atoms with Gasteiger partial charge in [0, 0.05) is 17.8 Å². The molecule has 0 radical (unpaired) electrons. The van der Waals surface area contributed by atoms with Crippen molar-refractivity contribution in [2.45, 2.75) is 70.1 Å². The van der Waals surface area contributed by atoms with Gasteiger partial charge in [0.25, 0.3) is 0 Å². The van der Waals surface area contributed by atoms with Gasteiger partial charge in [-0.3, -0.25) is 4.98 Å². The lowest BCUT2D eigenvalue weighted by atomic mass is 10.0. The Labute approximate surface area is 127 Å². The van der Waals surface area contributed by atoms with E-state index in [1.54, 1.807) is 12.4 Å². The van der Waals surface area contributed by atoms with E-state index >= 15 is 0 Å². The highest BCUT2D eigenvalue weighted by Gasteiger charge is 2.08. The number of nitrogens with zero attached hydrogens (tertiary/aromatic N) is 1. The first-order valence-electron chi connectivity index (χ1n) is 7.46. The second-order valence-electron chi connectivity index (χ2n) is 5.18. The van der Waals surface area contributed by atoms with Crippen molar-refractivity contribution in [1.29, 1.82) is 0 Å². The quantitative estimate of drug-likeness (QED) is 0.380. The van der Waals surface area contributed by atoms with Crippen LogP contribution in [0, 0.1) is 0 Å². The van der Waals surface area contributed by atoms with E-state index in [4.69, 9.17) is 23.2 Å². The third kappa shape index (κ3) is 7.79. The fourth-order valence-electron chi connectivity index (χ4n) is 2.23. The Hall–Kier alpha value is -0.270. The average molecular weight is 302 g/mol. The van der Waals surface area contributed by atoms with E-state index < -0.39 is 0 Å². The number of alkyl halides is 1. The van der Waals surface area contributed by atoms with E-state index in [-0.39, 0.29) is 5.38 Å². The molecule has 1 aromatic rings. The summed E-state index contributed by atoms with van der Waals surface area (Å²) < 4.78 is 0. The van der Waals surface area contributed by atoms with Crippen molar-refractivity contribution in [2.24, 2.45) is 0 Å². The lowest BCUT2D eigenvalue weighted by Crippen LogP contribution is -2.04. The summed E-state index contributed by atoms with van der Waals surface area (Å²) in [5, 5.41) is 0.920. The molecule has 0 aliphatic carbocycles. The highest BCUT2D eigenvalue weighted by atomic mass is 35.5. The van der Waals surface area contributed by atoms with E-state index in [1.165, 1.54) is 44.9 Å². The van der Waals surface area contributed by atoms with Gasteiger partial charge in [0.1, 0.15) is 0 Å². The van der Waals surface area contributed by atoms with Crippen LogP contribution in [-0.2, 0) is 6.42 Å². The van der Waals surface area contributed by atoms with Gasteiger partial charge >= 0.3 is 0 Å². The molecule has 0 fully saturated rings. The molecule has 1 atom stereocenters. The number of rotatable bonds is 10. The van der Waals surface area contributed by atoms with Crippen LogP contribution < -0.4 is 0 Å². The summed E-state index contributed by atoms with van der Waals surface area (Å²) in [6.45, 7) is 2.25. The SMILES string of the molecule is CCCCCCCCCC(Cl)Cc1ccncc1Cl. The van der Waals surface area contributed by atoms with Gasteiger partial charge in [-0.1, -0.05) is 63.5 Å². The predicted molar refractivity (Wildman–Crippen MR) is 85.2 cm³/mol. The second-order valence-corrected chi connectivity index (χ2v) is 6.20. The maximum Gasteiger partial charge on any atom is 0.0621 e. The lowest BCUT2D eigenvalue weighted by molar-refractivity contribution is 0.567. The third-order valence-corrected chi connectivity index (χ3v) is 4.13. The minimum Gasteiger partial charge on any atom is -0.263 e. The van der Waals surface area contributed by atoms with Crippen molar-refractivity contribution in [1.82, 2.24) is 4.98 Å². The maximum absolute atomic E-state index is 6.37. The summed E-state index contributed by atoms with van der Waals surface area (Å²) in [6, 6.07) is 1.96. The lowest BCUT2D eigenvalue weighted by Gasteiger charge is -2.10. The monoisotopic (exact) mass is 301 g/mol. The molecule has 1 rings (SSSR count). The van der Waals surface area contributed by atoms with Crippen LogP contribution in [-0.4, -0.2) is 10.4 Å². The first-order chi connectivity index (χ1) is 9.24. The largest absolute Gasteiger partial charge is 0.263 e. The van der Waals surface area contributed by atoms with Crippen molar-refractivity contribution in [3.05, 3.63) is 29.0 Å². The van der Waals surface area contributed by atoms with Crippen LogP contribution >= 0.6 is 23.2 Å². The van der Waals surface area contributed by atoms with Crippen LogP contribution in [0.3, 0.4) is 0 Å². The normalized spacial score (nSPS) is 12.6. The molecule has 0 bridgehead atoms. The third-order valence-electron chi connectivity index (χ3n) is 3.42. The van der Waals surface area contributed by atoms with Crippen molar-refractivity contribution in [3.8, 4) is 0 Å². The van der Waals surface area contributed by atoms with Gasteiger partial charge in [0.2, 0.25) is 0 Å². The summed E-state index contributed by atoms with van der Waals surface area (Å²) >= 11 is 12.5. The molecule has 0 saturated heterocycles. The molecule has 1 aromatic heterocycles. The van der Waals surface area contributed by atoms with Gasteiger partial charge in [0.15, 0.2) is 0 Å². The number of hydrogen-bond acceptors (Lipinski definition) is 1. The molecule has 0 aliphatic heterocycles. The highest BCUT2D eigenvalue weighted by Crippen LogP contribution is 2.20. The first-order valence-corrected chi connectivity index (χ1v) is 8.28. The van der Waals surface area contributed by atoms with Gasteiger partial charge in [-0.2, -0.15) is 0 Å². The highest BCUT2D eigenvalue weighted by molar-refractivity contribution is 6.31. The maximum atomic E-state index is 6.37. The van der Waals surface area contributed by atoms with E-state index in [0.29, 0.717) is 0 Å². The number of halogens is 2. The van der Waals surface area contributed by atoms with E-state index in [2.05, 4.69) is 11.9 Å². The Morgan fingerprint density at radius 2 is 1.79 bits per heavy atom. The van der Waals surface area contributed by atoms with Crippen LogP contribution in [0.5, 0.6) is 0 Å². The summed E-state index contributed by atoms with van der Waals surface area (Å²) in [5.74, 6) is 0. The molecular formula is C16H25Cl2N. The summed E-state index contributed by atoms with van der Waals surface area (Å²) in [7, 11) is 0. The Kier molecular flexibility index (Phi) is 9.28. The van der Waals surface area contributed by atoms with Crippen LogP contribution in [0.2, 0.25) is 5.02 Å². The Morgan fingerprint density at radius 1 is 1.11 bits per heavy atom. The minimum atomic E-state index is 0.190. The zero-order valence-electron chi connectivity index (χ0n) is 11.9. The fraction of sp³-hybridized carbons (Fsp3) is 0.688. The standard InChI is InChI=1S/C16H25Cl2N/c1-2-3-4-5-6-7-8-9-15(17)12-14-10-11-19-13-16(14)18/h10-11,13,15H,2-9,12H2,1H3. The average Bonchev–Trinajstić information content (AvgIpc) is 2.40. The van der Waals surface area contributed by atoms with E-state index in [1.807, 2.05) is 6.07 Å². The number of aromatic nitrogens is 1. The number of pyridine rings is 1. The van der Waals surface area contributed by atoms with Crippen molar-refractivity contribution in [3.63, 3.8) is 0 Å². The topological polar surface area (TPSA) is 12.9 Å². The zero-order valence-corrected chi connectivity index (χ0v) is 13.4. The summed E-state index contributed by atoms with van der Waals surface area (Å²) in [6.07, 6.45) is 14.7. The Morgan fingerprint density at radius 3 is 2.47 bits per heavy atom.